The fourth-order valence-corrected chi connectivity index (χ4v) is 6.97. The van der Waals surface area contributed by atoms with Gasteiger partial charge in [0.1, 0.15) is 12.6 Å². The van der Waals surface area contributed by atoms with Crippen molar-refractivity contribution >= 4 is 23.4 Å². The molecule has 0 N–H and O–H groups in total. The van der Waals surface area contributed by atoms with E-state index >= 15 is 0 Å². The fourth-order valence-electron chi connectivity index (χ4n) is 5.93. The van der Waals surface area contributed by atoms with Crippen LogP contribution in [0.4, 0.5) is 0 Å². The van der Waals surface area contributed by atoms with Crippen molar-refractivity contribution in [3.63, 3.8) is 0 Å². The van der Waals surface area contributed by atoms with Gasteiger partial charge in [-0.25, -0.2) is 9.79 Å². The Kier molecular flexibility index (Phi) is 10.2. The van der Waals surface area contributed by atoms with Gasteiger partial charge in [0.05, 0.1) is 43.2 Å². The van der Waals surface area contributed by atoms with Gasteiger partial charge in [0, 0.05) is 5.56 Å². The van der Waals surface area contributed by atoms with Crippen molar-refractivity contribution < 1.29 is 28.5 Å². The Labute approximate surface area is 278 Å². The highest BCUT2D eigenvalue weighted by Crippen LogP contribution is 2.41. The van der Waals surface area contributed by atoms with Crippen LogP contribution in [0.5, 0.6) is 23.0 Å². The third-order valence-electron chi connectivity index (χ3n) is 8.03. The second kappa shape index (κ2) is 14.3. The van der Waals surface area contributed by atoms with Crippen LogP contribution in [0.25, 0.3) is 6.08 Å². The number of rotatable bonds is 11. The zero-order chi connectivity index (χ0) is 33.8. The van der Waals surface area contributed by atoms with Gasteiger partial charge in [0.25, 0.3) is 5.56 Å². The summed E-state index contributed by atoms with van der Waals surface area (Å²) in [4.78, 5) is 32.7. The van der Waals surface area contributed by atoms with Crippen LogP contribution in [-0.4, -0.2) is 38.0 Å². The minimum atomic E-state index is -0.844. The Morgan fingerprint density at radius 1 is 0.915 bits per heavy atom. The lowest BCUT2D eigenvalue weighted by Gasteiger charge is -2.26. The number of para-hydroxylation sites is 1. The molecule has 5 rings (SSSR count). The fraction of sp³-hybridized carbons (Fsp3) is 0.324. The number of hydrogen-bond acceptors (Lipinski definition) is 9. The second-order valence-electron chi connectivity index (χ2n) is 11.2. The van der Waals surface area contributed by atoms with Crippen molar-refractivity contribution in [3.05, 3.63) is 113 Å². The van der Waals surface area contributed by atoms with Crippen molar-refractivity contribution in [2.45, 2.75) is 54.2 Å². The number of methoxy groups -OCH3 is 2. The van der Waals surface area contributed by atoms with Crippen molar-refractivity contribution in [1.29, 1.82) is 0 Å². The van der Waals surface area contributed by atoms with Crippen molar-refractivity contribution in [2.75, 3.05) is 27.4 Å². The number of nitrogens with zero attached hydrogens (tertiary/aromatic N) is 2. The molecule has 10 heteroatoms. The number of ether oxygens (including phenoxy) is 5. The van der Waals surface area contributed by atoms with Crippen molar-refractivity contribution in [1.82, 2.24) is 4.57 Å². The average molecular weight is 657 g/mol. The summed E-state index contributed by atoms with van der Waals surface area (Å²) in [5, 5.41) is 0. The number of aromatic nitrogens is 1. The molecular weight excluding hydrogens is 616 g/mol. The Morgan fingerprint density at radius 2 is 1.64 bits per heavy atom. The van der Waals surface area contributed by atoms with Gasteiger partial charge in [0.15, 0.2) is 27.8 Å². The van der Waals surface area contributed by atoms with Gasteiger partial charge in [0.2, 0.25) is 0 Å². The van der Waals surface area contributed by atoms with Gasteiger partial charge in [-0.15, -0.1) is 0 Å². The summed E-state index contributed by atoms with van der Waals surface area (Å²) in [5.41, 5.74) is 6.48. The third kappa shape index (κ3) is 6.69. The number of fused-ring (bicyclic) bond motifs is 1. The molecule has 0 bridgehead atoms. The number of esters is 1. The molecule has 0 amide bonds. The smallest absolute Gasteiger partial charge is 0.338 e. The van der Waals surface area contributed by atoms with Crippen LogP contribution in [0.1, 0.15) is 60.2 Å². The van der Waals surface area contributed by atoms with E-state index in [0.717, 1.165) is 11.1 Å². The standard InChI is InChI=1S/C37H40N2O7S/c1-9-44-34-26(12-11-13-29(34)42-7)33-32(36(41)45-10-2)24(6)38-37-39(33)35(40)31(47-37)19-25-14-15-28(30(18-25)43-8)46-20-27-22(4)16-21(3)17-23(27)5/h11-19,33H,9-10,20H2,1-8H3/b31-19-. The van der Waals surface area contributed by atoms with Gasteiger partial charge in [-0.1, -0.05) is 47.2 Å². The van der Waals surface area contributed by atoms with E-state index in [-0.39, 0.29) is 17.7 Å². The first-order valence-corrected chi connectivity index (χ1v) is 16.3. The minimum absolute atomic E-state index is 0.176. The Hall–Kier alpha value is -4.83. The number of aryl methyl sites for hydroxylation is 3. The molecule has 1 aliphatic rings. The Morgan fingerprint density at radius 3 is 2.30 bits per heavy atom. The minimum Gasteiger partial charge on any atom is -0.493 e. The van der Waals surface area contributed by atoms with Crippen LogP contribution >= 0.6 is 11.3 Å². The maximum atomic E-state index is 14.2. The van der Waals surface area contributed by atoms with Crippen LogP contribution in [0.3, 0.4) is 0 Å². The van der Waals surface area contributed by atoms with Crippen molar-refractivity contribution in [2.24, 2.45) is 4.99 Å². The molecule has 47 heavy (non-hydrogen) atoms. The second-order valence-corrected chi connectivity index (χ2v) is 12.2. The molecule has 1 aliphatic heterocycles. The lowest BCUT2D eigenvalue weighted by molar-refractivity contribution is -0.139. The maximum absolute atomic E-state index is 14.2. The number of benzene rings is 3. The first-order chi connectivity index (χ1) is 22.6. The predicted octanol–water partition coefficient (Wildman–Crippen LogP) is 5.72. The van der Waals surface area contributed by atoms with E-state index in [9.17, 15) is 9.59 Å². The van der Waals surface area contributed by atoms with E-state index in [1.807, 2.05) is 37.3 Å². The number of carbonyl (C=O) groups excluding carboxylic acids is 1. The van der Waals surface area contributed by atoms with Gasteiger partial charge in [-0.05, 0) is 88.1 Å². The Balaban J connectivity index is 1.59. The van der Waals surface area contributed by atoms with E-state index in [1.165, 1.54) is 32.6 Å². The van der Waals surface area contributed by atoms with E-state index < -0.39 is 12.0 Å². The van der Waals surface area contributed by atoms with Gasteiger partial charge in [-0.2, -0.15) is 0 Å². The molecule has 2 heterocycles. The molecule has 1 aromatic heterocycles. The zero-order valence-corrected chi connectivity index (χ0v) is 28.9. The first-order valence-electron chi connectivity index (χ1n) is 15.5. The lowest BCUT2D eigenvalue weighted by atomic mass is 9.94. The summed E-state index contributed by atoms with van der Waals surface area (Å²) in [7, 11) is 3.14. The third-order valence-corrected chi connectivity index (χ3v) is 9.01. The molecule has 0 spiro atoms. The predicted molar refractivity (Wildman–Crippen MR) is 183 cm³/mol. The normalized spacial score (nSPS) is 14.4. The molecule has 0 saturated heterocycles. The van der Waals surface area contributed by atoms with Gasteiger partial charge < -0.3 is 23.7 Å². The monoisotopic (exact) mass is 656 g/mol. The number of carbonyl (C=O) groups is 1. The quantitative estimate of drug-likeness (QED) is 0.191. The summed E-state index contributed by atoms with van der Waals surface area (Å²) in [5.74, 6) is 1.54. The van der Waals surface area contributed by atoms with Gasteiger partial charge in [-0.3, -0.25) is 9.36 Å². The van der Waals surface area contributed by atoms with E-state index in [1.54, 1.807) is 40.2 Å². The number of allylic oxidation sites excluding steroid dienone is 1. The van der Waals surface area contributed by atoms with Crippen molar-refractivity contribution in [3.8, 4) is 23.0 Å². The molecule has 246 valence electrons. The molecule has 1 unspecified atom stereocenters. The summed E-state index contributed by atoms with van der Waals surface area (Å²) in [6, 6.07) is 14.4. The summed E-state index contributed by atoms with van der Waals surface area (Å²) < 4.78 is 30.9. The van der Waals surface area contributed by atoms with E-state index in [0.29, 0.717) is 56.8 Å². The van der Waals surface area contributed by atoms with E-state index in [4.69, 9.17) is 28.7 Å². The number of thiazole rings is 1. The van der Waals surface area contributed by atoms with Crippen LogP contribution in [0.2, 0.25) is 0 Å². The summed E-state index contributed by atoms with van der Waals surface area (Å²) >= 11 is 1.24. The van der Waals surface area contributed by atoms with Crippen LogP contribution in [-0.2, 0) is 16.1 Å². The van der Waals surface area contributed by atoms with Gasteiger partial charge >= 0.3 is 5.97 Å². The molecule has 0 fully saturated rings. The molecule has 0 aliphatic carbocycles. The van der Waals surface area contributed by atoms with Crippen LogP contribution < -0.4 is 33.8 Å². The molecule has 4 aromatic rings. The first kappa shape index (κ1) is 33.5. The van der Waals surface area contributed by atoms with E-state index in [2.05, 4.69) is 32.9 Å². The highest BCUT2D eigenvalue weighted by atomic mass is 32.1. The molecule has 0 radical (unpaired) electrons. The maximum Gasteiger partial charge on any atom is 0.338 e. The molecule has 9 nitrogen and oxygen atoms in total. The zero-order valence-electron chi connectivity index (χ0n) is 28.1. The summed E-state index contributed by atoms with van der Waals surface area (Å²) in [6.45, 7) is 12.6. The average Bonchev–Trinajstić information content (AvgIpc) is 3.34. The summed E-state index contributed by atoms with van der Waals surface area (Å²) in [6.07, 6.45) is 1.79. The Bertz CT molecular complexity index is 2020. The lowest BCUT2D eigenvalue weighted by Crippen LogP contribution is -2.40. The van der Waals surface area contributed by atoms with Crippen LogP contribution in [0, 0.1) is 20.8 Å². The highest BCUT2D eigenvalue weighted by Gasteiger charge is 2.36. The molecule has 1 atom stereocenters. The molecule has 0 saturated carbocycles. The topological polar surface area (TPSA) is 97.6 Å². The SMILES string of the molecule is CCOC(=O)C1=C(C)N=c2s/c(=C\c3ccc(OCc4c(C)cc(C)cc4C)c(OC)c3)c(=O)n2C1c1cccc(OC)c1OCC. The molecular formula is C37H40N2O7S. The number of hydrogen-bond donors (Lipinski definition) is 0. The molecule has 3 aromatic carbocycles. The van der Waals surface area contributed by atoms with Crippen LogP contribution in [0.15, 0.2) is 69.6 Å². The largest absolute Gasteiger partial charge is 0.493 e. The highest BCUT2D eigenvalue weighted by molar-refractivity contribution is 7.07.